The van der Waals surface area contributed by atoms with Crippen molar-refractivity contribution >= 4 is 57.3 Å². The lowest BCUT2D eigenvalue weighted by atomic mass is 9.99. The van der Waals surface area contributed by atoms with E-state index in [2.05, 4.69) is 18.7 Å². The lowest BCUT2D eigenvalue weighted by Crippen LogP contribution is -2.31. The monoisotopic (exact) mass is 512 g/mol. The summed E-state index contributed by atoms with van der Waals surface area (Å²) in [5, 5.41) is 14.0. The topological polar surface area (TPSA) is 36.4 Å². The van der Waals surface area contributed by atoms with Crippen LogP contribution in [0.1, 0.15) is 51.2 Å². The van der Waals surface area contributed by atoms with E-state index in [1.54, 1.807) is 30.3 Å². The molecule has 0 fully saturated rings. The number of halogens is 4. The number of unbranched alkanes of at least 4 members (excludes halogenated alkanes) is 2. The van der Waals surface area contributed by atoms with Crippen LogP contribution in [0.25, 0.3) is 22.2 Å². The molecule has 1 N–H and O–H groups in total. The SMILES string of the molecule is CCCCN(CCCC)C[C@@H](O)c1cc(-c2c(Cl)cccc2Cl)nc2c(Cl)cc(Cl)cc12. The van der Waals surface area contributed by atoms with Crippen LogP contribution in [-0.2, 0) is 0 Å². The molecule has 0 bridgehead atoms. The highest BCUT2D eigenvalue weighted by atomic mass is 35.5. The number of benzene rings is 2. The number of aliphatic hydroxyl groups is 1. The molecule has 2 aromatic carbocycles. The minimum atomic E-state index is -0.747. The standard InChI is InChI=1S/C25H28Cl4N2O/c1-3-5-10-31(11-6-4-2)15-23(32)17-14-22(24-19(27)8-7-9-20(24)28)30-25-18(17)12-16(26)13-21(25)29/h7-9,12-14,23,32H,3-6,10-11,15H2,1-2H3/t23-/m1/s1. The molecular formula is C25H28Cl4N2O. The average Bonchev–Trinajstić information content (AvgIpc) is 2.75. The smallest absolute Gasteiger partial charge is 0.0924 e. The van der Waals surface area contributed by atoms with Crippen LogP contribution in [0.3, 0.4) is 0 Å². The Balaban J connectivity index is 2.11. The molecule has 7 heteroatoms. The molecule has 0 amide bonds. The van der Waals surface area contributed by atoms with Gasteiger partial charge in [-0.2, -0.15) is 0 Å². The predicted octanol–water partition coefficient (Wildman–Crippen LogP) is 8.45. The van der Waals surface area contributed by atoms with Gasteiger partial charge in [-0.15, -0.1) is 0 Å². The Hall–Kier alpha value is -1.07. The van der Waals surface area contributed by atoms with Crippen LogP contribution < -0.4 is 0 Å². The highest BCUT2D eigenvalue weighted by molar-refractivity contribution is 6.40. The minimum Gasteiger partial charge on any atom is -0.387 e. The number of rotatable bonds is 10. The number of aliphatic hydroxyl groups excluding tert-OH is 1. The fourth-order valence-corrected chi connectivity index (χ4v) is 4.95. The number of nitrogens with zero attached hydrogens (tertiary/aromatic N) is 2. The van der Waals surface area contributed by atoms with Crippen molar-refractivity contribution in [3.05, 3.63) is 62.1 Å². The summed E-state index contributed by atoms with van der Waals surface area (Å²) in [7, 11) is 0. The van der Waals surface area contributed by atoms with E-state index < -0.39 is 6.10 Å². The highest BCUT2D eigenvalue weighted by Gasteiger charge is 2.21. The number of hydrogen-bond donors (Lipinski definition) is 1. The van der Waals surface area contributed by atoms with Crippen molar-refractivity contribution < 1.29 is 5.11 Å². The fourth-order valence-electron chi connectivity index (χ4n) is 3.82. The lowest BCUT2D eigenvalue weighted by Gasteiger charge is -2.26. The van der Waals surface area contributed by atoms with Crippen LogP contribution in [0.4, 0.5) is 0 Å². The maximum atomic E-state index is 11.4. The highest BCUT2D eigenvalue weighted by Crippen LogP contribution is 2.39. The van der Waals surface area contributed by atoms with Crippen molar-refractivity contribution in [3.63, 3.8) is 0 Å². The van der Waals surface area contributed by atoms with E-state index in [0.717, 1.165) is 44.2 Å². The molecule has 0 unspecified atom stereocenters. The van der Waals surface area contributed by atoms with Gasteiger partial charge >= 0.3 is 0 Å². The second-order valence-electron chi connectivity index (χ2n) is 8.00. The first kappa shape index (κ1) is 25.6. The van der Waals surface area contributed by atoms with E-state index in [1.165, 1.54) is 0 Å². The molecule has 0 aliphatic carbocycles. The molecule has 0 aliphatic rings. The lowest BCUT2D eigenvalue weighted by molar-refractivity contribution is 0.112. The van der Waals surface area contributed by atoms with Crippen LogP contribution >= 0.6 is 46.4 Å². The van der Waals surface area contributed by atoms with Crippen LogP contribution in [-0.4, -0.2) is 34.6 Å². The molecule has 0 saturated heterocycles. The molecule has 1 aromatic heterocycles. The average molecular weight is 514 g/mol. The zero-order chi connectivity index (χ0) is 23.3. The van der Waals surface area contributed by atoms with Gasteiger partial charge in [0.1, 0.15) is 0 Å². The molecule has 3 nitrogen and oxygen atoms in total. The molecule has 32 heavy (non-hydrogen) atoms. The third-order valence-electron chi connectivity index (χ3n) is 5.53. The van der Waals surface area contributed by atoms with Crippen molar-refractivity contribution in [3.8, 4) is 11.3 Å². The zero-order valence-electron chi connectivity index (χ0n) is 18.3. The molecular weight excluding hydrogens is 486 g/mol. The van der Waals surface area contributed by atoms with Crippen molar-refractivity contribution in [2.24, 2.45) is 0 Å². The van der Waals surface area contributed by atoms with Gasteiger partial charge in [0.25, 0.3) is 0 Å². The van der Waals surface area contributed by atoms with Gasteiger partial charge in [0.2, 0.25) is 0 Å². The maximum absolute atomic E-state index is 11.4. The first-order valence-corrected chi connectivity index (χ1v) is 12.5. The van der Waals surface area contributed by atoms with Crippen LogP contribution in [0, 0.1) is 0 Å². The Bertz CT molecular complexity index is 1050. The summed E-state index contributed by atoms with van der Waals surface area (Å²) in [5.74, 6) is 0. The Morgan fingerprint density at radius 3 is 2.12 bits per heavy atom. The molecule has 3 aromatic rings. The molecule has 0 radical (unpaired) electrons. The van der Waals surface area contributed by atoms with Gasteiger partial charge in [-0.1, -0.05) is 79.2 Å². The molecule has 0 saturated carbocycles. The van der Waals surface area contributed by atoms with Crippen LogP contribution in [0.5, 0.6) is 0 Å². The third-order valence-corrected chi connectivity index (χ3v) is 6.66. The normalized spacial score (nSPS) is 12.6. The summed E-state index contributed by atoms with van der Waals surface area (Å²) in [6, 6.07) is 10.6. The predicted molar refractivity (Wildman–Crippen MR) is 138 cm³/mol. The fraction of sp³-hybridized carbons (Fsp3) is 0.400. The van der Waals surface area contributed by atoms with Crippen molar-refractivity contribution in [1.29, 1.82) is 0 Å². The Morgan fingerprint density at radius 2 is 1.53 bits per heavy atom. The Labute approximate surface area is 210 Å². The zero-order valence-corrected chi connectivity index (χ0v) is 21.4. The number of hydrogen-bond acceptors (Lipinski definition) is 3. The summed E-state index contributed by atoms with van der Waals surface area (Å²) >= 11 is 25.7. The minimum absolute atomic E-state index is 0.416. The maximum Gasteiger partial charge on any atom is 0.0924 e. The van der Waals surface area contributed by atoms with Gasteiger partial charge in [0, 0.05) is 22.5 Å². The summed E-state index contributed by atoms with van der Waals surface area (Å²) in [4.78, 5) is 7.06. The molecule has 1 heterocycles. The Kier molecular flexibility index (Phi) is 9.48. The number of aromatic nitrogens is 1. The molecule has 172 valence electrons. The first-order chi connectivity index (χ1) is 15.3. The van der Waals surface area contributed by atoms with Crippen LogP contribution in [0.15, 0.2) is 36.4 Å². The number of pyridine rings is 1. The van der Waals surface area contributed by atoms with Gasteiger partial charge in [-0.25, -0.2) is 4.98 Å². The van der Waals surface area contributed by atoms with Gasteiger partial charge in [0.15, 0.2) is 0 Å². The molecule has 1 atom stereocenters. The summed E-state index contributed by atoms with van der Waals surface area (Å²) in [5.41, 5.74) is 2.46. The van der Waals surface area contributed by atoms with Crippen molar-refractivity contribution in [2.75, 3.05) is 19.6 Å². The van der Waals surface area contributed by atoms with E-state index in [4.69, 9.17) is 51.4 Å². The number of fused-ring (bicyclic) bond motifs is 1. The quantitative estimate of drug-likeness (QED) is 0.295. The third kappa shape index (κ3) is 6.08. The van der Waals surface area contributed by atoms with Gasteiger partial charge in [-0.3, -0.25) is 0 Å². The summed E-state index contributed by atoms with van der Waals surface area (Å²) in [6.45, 7) is 6.75. The second-order valence-corrected chi connectivity index (χ2v) is 9.66. The first-order valence-electron chi connectivity index (χ1n) is 11.0. The van der Waals surface area contributed by atoms with E-state index in [-0.39, 0.29) is 0 Å². The van der Waals surface area contributed by atoms with Crippen molar-refractivity contribution in [1.82, 2.24) is 9.88 Å². The molecule has 0 spiro atoms. The van der Waals surface area contributed by atoms with Crippen molar-refractivity contribution in [2.45, 2.75) is 45.6 Å². The van der Waals surface area contributed by atoms with Gasteiger partial charge in [0.05, 0.1) is 32.4 Å². The largest absolute Gasteiger partial charge is 0.387 e. The second kappa shape index (κ2) is 11.9. The Morgan fingerprint density at radius 1 is 0.906 bits per heavy atom. The molecule has 0 aliphatic heterocycles. The van der Waals surface area contributed by atoms with Crippen LogP contribution in [0.2, 0.25) is 20.1 Å². The van der Waals surface area contributed by atoms with E-state index in [0.29, 0.717) is 49.0 Å². The van der Waals surface area contributed by atoms with Gasteiger partial charge < -0.3 is 10.0 Å². The summed E-state index contributed by atoms with van der Waals surface area (Å²) < 4.78 is 0. The van der Waals surface area contributed by atoms with E-state index >= 15 is 0 Å². The van der Waals surface area contributed by atoms with E-state index in [9.17, 15) is 5.11 Å². The van der Waals surface area contributed by atoms with E-state index in [1.807, 2.05) is 6.07 Å². The molecule has 3 rings (SSSR count). The van der Waals surface area contributed by atoms with Gasteiger partial charge in [-0.05, 0) is 61.8 Å². The summed E-state index contributed by atoms with van der Waals surface area (Å²) in [6.07, 6.45) is 3.65.